The molecule has 3 heteroatoms. The summed E-state index contributed by atoms with van der Waals surface area (Å²) in [6.45, 7) is 3.66. The van der Waals surface area contributed by atoms with E-state index in [1.165, 1.54) is 0 Å². The lowest BCUT2D eigenvalue weighted by Gasteiger charge is -2.18. The second kappa shape index (κ2) is 6.24. The van der Waals surface area contributed by atoms with Gasteiger partial charge in [-0.2, -0.15) is 0 Å². The molecule has 0 radical (unpaired) electrons. The third kappa shape index (κ3) is 3.38. The van der Waals surface area contributed by atoms with Crippen molar-refractivity contribution in [2.45, 2.75) is 20.0 Å². The van der Waals surface area contributed by atoms with Crippen LogP contribution in [0.25, 0.3) is 11.1 Å². The van der Waals surface area contributed by atoms with Gasteiger partial charge in [-0.1, -0.05) is 56.3 Å². The summed E-state index contributed by atoms with van der Waals surface area (Å²) < 4.78 is 5.53. The molecule has 0 aliphatic heterocycles. The van der Waals surface area contributed by atoms with Gasteiger partial charge in [-0.3, -0.25) is 0 Å². The summed E-state index contributed by atoms with van der Waals surface area (Å²) in [5.74, 6) is -0.445. The van der Waals surface area contributed by atoms with Gasteiger partial charge in [0.2, 0.25) is 0 Å². The van der Waals surface area contributed by atoms with Crippen LogP contribution in [0.3, 0.4) is 0 Å². The number of carboxylic acid groups (broad SMARTS) is 1. The molecule has 20 heavy (non-hydrogen) atoms. The first kappa shape index (κ1) is 14.1. The van der Waals surface area contributed by atoms with Gasteiger partial charge in [0.15, 0.2) is 6.10 Å². The van der Waals surface area contributed by atoms with Gasteiger partial charge < -0.3 is 9.84 Å². The van der Waals surface area contributed by atoms with Crippen LogP contribution >= 0.6 is 0 Å². The van der Waals surface area contributed by atoms with Crippen molar-refractivity contribution in [2.24, 2.45) is 5.92 Å². The number of hydrogen-bond donors (Lipinski definition) is 1. The minimum atomic E-state index is -0.938. The second-order valence-electron chi connectivity index (χ2n) is 5.01. The quantitative estimate of drug-likeness (QED) is 0.897. The molecule has 0 bridgehead atoms. The van der Waals surface area contributed by atoms with Gasteiger partial charge in [-0.15, -0.1) is 0 Å². The largest absolute Gasteiger partial charge is 0.478 e. The van der Waals surface area contributed by atoms with Crippen molar-refractivity contribution in [3.05, 3.63) is 54.6 Å². The van der Waals surface area contributed by atoms with Crippen molar-refractivity contribution in [3.8, 4) is 16.9 Å². The molecule has 0 unspecified atom stereocenters. The van der Waals surface area contributed by atoms with Crippen LogP contribution in [0.1, 0.15) is 13.8 Å². The van der Waals surface area contributed by atoms with Crippen molar-refractivity contribution >= 4 is 5.97 Å². The lowest BCUT2D eigenvalue weighted by atomic mass is 10.1. The third-order valence-electron chi connectivity index (χ3n) is 3.07. The Bertz CT molecular complexity index is 559. The Hall–Kier alpha value is -2.29. The Balaban J connectivity index is 2.14. The fourth-order valence-electron chi connectivity index (χ4n) is 1.97. The fourth-order valence-corrected chi connectivity index (χ4v) is 1.97. The highest BCUT2D eigenvalue weighted by atomic mass is 16.5. The van der Waals surface area contributed by atoms with Gasteiger partial charge in [-0.05, 0) is 23.3 Å². The molecule has 0 amide bonds. The van der Waals surface area contributed by atoms with Gasteiger partial charge in [0.1, 0.15) is 5.75 Å². The van der Waals surface area contributed by atoms with Crippen LogP contribution in [-0.2, 0) is 4.79 Å². The predicted octanol–water partition coefficient (Wildman–Crippen LogP) is 3.84. The van der Waals surface area contributed by atoms with Crippen LogP contribution in [-0.4, -0.2) is 17.2 Å². The maximum atomic E-state index is 11.1. The standard InChI is InChI=1S/C17H18O3/c1-12(2)16(17(18)19)20-15-10-8-14(9-11-15)13-6-4-3-5-7-13/h3-12,16H,1-2H3,(H,18,19)/t16-/m0/s1. The number of ether oxygens (including phenoxy) is 1. The number of aliphatic carboxylic acids is 1. The smallest absolute Gasteiger partial charge is 0.345 e. The molecule has 0 aliphatic carbocycles. The lowest BCUT2D eigenvalue weighted by Crippen LogP contribution is -2.32. The first-order chi connectivity index (χ1) is 9.58. The van der Waals surface area contributed by atoms with Crippen LogP contribution in [0.2, 0.25) is 0 Å². The Morgan fingerprint density at radius 2 is 1.50 bits per heavy atom. The SMILES string of the molecule is CC(C)[C@H](Oc1ccc(-c2ccccc2)cc1)C(=O)O. The first-order valence-corrected chi connectivity index (χ1v) is 6.63. The van der Waals surface area contributed by atoms with E-state index in [-0.39, 0.29) is 5.92 Å². The zero-order chi connectivity index (χ0) is 14.5. The van der Waals surface area contributed by atoms with Crippen LogP contribution in [0, 0.1) is 5.92 Å². The minimum Gasteiger partial charge on any atom is -0.478 e. The van der Waals surface area contributed by atoms with E-state index in [2.05, 4.69) is 0 Å². The summed E-state index contributed by atoms with van der Waals surface area (Å²) in [6, 6.07) is 17.5. The van der Waals surface area contributed by atoms with Gasteiger partial charge in [0.05, 0.1) is 0 Å². The van der Waals surface area contributed by atoms with Crippen LogP contribution in [0.15, 0.2) is 54.6 Å². The number of rotatable bonds is 5. The van der Waals surface area contributed by atoms with Crippen LogP contribution in [0.4, 0.5) is 0 Å². The molecule has 2 rings (SSSR count). The highest BCUT2D eigenvalue weighted by Crippen LogP contribution is 2.23. The first-order valence-electron chi connectivity index (χ1n) is 6.63. The number of carboxylic acids is 1. The summed E-state index contributed by atoms with van der Waals surface area (Å²) in [5, 5.41) is 9.11. The molecule has 0 aromatic heterocycles. The molecule has 3 nitrogen and oxygen atoms in total. The van der Waals surface area contributed by atoms with Gasteiger partial charge in [-0.25, -0.2) is 4.79 Å². The Labute approximate surface area is 118 Å². The van der Waals surface area contributed by atoms with Gasteiger partial charge in [0.25, 0.3) is 0 Å². The van der Waals surface area contributed by atoms with Crippen molar-refractivity contribution in [1.82, 2.24) is 0 Å². The second-order valence-corrected chi connectivity index (χ2v) is 5.01. The van der Waals surface area contributed by atoms with E-state index in [0.717, 1.165) is 11.1 Å². The highest BCUT2D eigenvalue weighted by molar-refractivity contribution is 5.73. The van der Waals surface area contributed by atoms with E-state index in [9.17, 15) is 4.79 Å². The zero-order valence-electron chi connectivity index (χ0n) is 11.6. The lowest BCUT2D eigenvalue weighted by molar-refractivity contribution is -0.147. The Kier molecular flexibility index (Phi) is 4.41. The van der Waals surface area contributed by atoms with E-state index < -0.39 is 12.1 Å². The fraction of sp³-hybridized carbons (Fsp3) is 0.235. The van der Waals surface area contributed by atoms with Crippen molar-refractivity contribution in [2.75, 3.05) is 0 Å². The van der Waals surface area contributed by atoms with Gasteiger partial charge >= 0.3 is 5.97 Å². The normalized spacial score (nSPS) is 12.2. The summed E-state index contributed by atoms with van der Waals surface area (Å²) in [4.78, 5) is 11.1. The van der Waals surface area contributed by atoms with E-state index in [1.54, 1.807) is 12.1 Å². The molecule has 104 valence electrons. The topological polar surface area (TPSA) is 46.5 Å². The molecule has 0 heterocycles. The van der Waals surface area contributed by atoms with Crippen molar-refractivity contribution in [3.63, 3.8) is 0 Å². The summed E-state index contributed by atoms with van der Waals surface area (Å²) in [7, 11) is 0. The molecular weight excluding hydrogens is 252 g/mol. The summed E-state index contributed by atoms with van der Waals surface area (Å²) in [5.41, 5.74) is 2.20. The third-order valence-corrected chi connectivity index (χ3v) is 3.07. The van der Waals surface area contributed by atoms with Crippen LogP contribution < -0.4 is 4.74 Å². The van der Waals surface area contributed by atoms with E-state index in [4.69, 9.17) is 9.84 Å². The van der Waals surface area contributed by atoms with Crippen molar-refractivity contribution < 1.29 is 14.6 Å². The average molecular weight is 270 g/mol. The monoisotopic (exact) mass is 270 g/mol. The molecule has 1 N–H and O–H groups in total. The molecule has 0 saturated heterocycles. The number of hydrogen-bond acceptors (Lipinski definition) is 2. The zero-order valence-corrected chi connectivity index (χ0v) is 11.6. The molecule has 2 aromatic carbocycles. The maximum absolute atomic E-state index is 11.1. The van der Waals surface area contributed by atoms with Crippen molar-refractivity contribution in [1.29, 1.82) is 0 Å². The number of carbonyl (C=O) groups is 1. The molecule has 0 aliphatic rings. The minimum absolute atomic E-state index is 0.0821. The number of benzene rings is 2. The molecule has 0 fully saturated rings. The molecule has 0 saturated carbocycles. The summed E-state index contributed by atoms with van der Waals surface area (Å²) in [6.07, 6.45) is -0.822. The maximum Gasteiger partial charge on any atom is 0.345 e. The Morgan fingerprint density at radius 3 is 2.00 bits per heavy atom. The molecule has 1 atom stereocenters. The highest BCUT2D eigenvalue weighted by Gasteiger charge is 2.23. The van der Waals surface area contributed by atoms with Crippen LogP contribution in [0.5, 0.6) is 5.75 Å². The average Bonchev–Trinajstić information content (AvgIpc) is 2.45. The van der Waals surface area contributed by atoms with Gasteiger partial charge in [0, 0.05) is 5.92 Å². The molecular formula is C17H18O3. The van der Waals surface area contributed by atoms with E-state index in [1.807, 2.05) is 56.3 Å². The molecule has 2 aromatic rings. The van der Waals surface area contributed by atoms with E-state index >= 15 is 0 Å². The predicted molar refractivity (Wildman–Crippen MR) is 78.8 cm³/mol. The van der Waals surface area contributed by atoms with E-state index in [0.29, 0.717) is 5.75 Å². The Morgan fingerprint density at radius 1 is 0.950 bits per heavy atom. The molecule has 0 spiro atoms. The summed E-state index contributed by atoms with van der Waals surface area (Å²) >= 11 is 0.